The summed E-state index contributed by atoms with van der Waals surface area (Å²) in [5.41, 5.74) is 1.81. The van der Waals surface area contributed by atoms with Crippen LogP contribution in [0, 0.1) is 0 Å². The maximum atomic E-state index is 12.3. The molecule has 2 aromatic rings. The molecule has 128 valence electrons. The number of rotatable bonds is 6. The lowest BCUT2D eigenvalue weighted by Crippen LogP contribution is -2.27. The first-order chi connectivity index (χ1) is 11.5. The highest BCUT2D eigenvalue weighted by Gasteiger charge is 2.11. The Morgan fingerprint density at radius 1 is 1.12 bits per heavy atom. The summed E-state index contributed by atoms with van der Waals surface area (Å²) in [5, 5.41) is 6.93. The van der Waals surface area contributed by atoms with Crippen molar-refractivity contribution in [1.29, 1.82) is 0 Å². The second-order valence-corrected chi connectivity index (χ2v) is 5.77. The molecule has 1 heterocycles. The van der Waals surface area contributed by atoms with Crippen LogP contribution in [0.25, 0.3) is 0 Å². The quantitative estimate of drug-likeness (QED) is 0.885. The maximum absolute atomic E-state index is 12.3. The molecule has 6 heteroatoms. The van der Waals surface area contributed by atoms with E-state index in [0.29, 0.717) is 5.69 Å². The van der Waals surface area contributed by atoms with Gasteiger partial charge in [-0.15, -0.1) is 0 Å². The van der Waals surface area contributed by atoms with Gasteiger partial charge < -0.3 is 10.2 Å². The second-order valence-electron chi connectivity index (χ2n) is 5.77. The molecule has 1 amide bonds. The fourth-order valence-electron chi connectivity index (χ4n) is 2.46. The first-order valence-corrected chi connectivity index (χ1v) is 8.22. The van der Waals surface area contributed by atoms with Gasteiger partial charge in [0.15, 0.2) is 0 Å². The largest absolute Gasteiger partial charge is 0.372 e. The van der Waals surface area contributed by atoms with E-state index in [2.05, 4.69) is 29.2 Å². The van der Waals surface area contributed by atoms with Crippen LogP contribution < -0.4 is 15.8 Å². The van der Waals surface area contributed by atoms with Crippen LogP contribution in [0.1, 0.15) is 44.2 Å². The molecule has 0 saturated heterocycles. The smallest absolute Gasteiger partial charge is 0.276 e. The zero-order chi connectivity index (χ0) is 17.7. The first-order valence-electron chi connectivity index (χ1n) is 8.22. The summed E-state index contributed by atoms with van der Waals surface area (Å²) in [7, 11) is 0. The van der Waals surface area contributed by atoms with Crippen molar-refractivity contribution in [3.63, 3.8) is 0 Å². The van der Waals surface area contributed by atoms with E-state index in [4.69, 9.17) is 0 Å². The molecule has 0 spiro atoms. The molecular formula is C18H24N4O2. The lowest BCUT2D eigenvalue weighted by atomic mass is 10.2. The Hall–Kier alpha value is -2.63. The highest BCUT2D eigenvalue weighted by molar-refractivity contribution is 6.02. The van der Waals surface area contributed by atoms with Crippen molar-refractivity contribution in [3.8, 4) is 0 Å². The maximum Gasteiger partial charge on any atom is 0.276 e. The molecule has 0 unspecified atom stereocenters. The topological polar surface area (TPSA) is 67.2 Å². The Morgan fingerprint density at radius 3 is 2.29 bits per heavy atom. The number of carbonyl (C=O) groups is 1. The van der Waals surface area contributed by atoms with E-state index in [9.17, 15) is 9.59 Å². The minimum atomic E-state index is -0.333. The molecule has 2 rings (SSSR count). The lowest BCUT2D eigenvalue weighted by molar-refractivity contribution is 0.101. The fourth-order valence-corrected chi connectivity index (χ4v) is 2.46. The number of nitrogens with zero attached hydrogens (tertiary/aromatic N) is 3. The molecule has 1 aromatic heterocycles. The normalized spacial score (nSPS) is 10.7. The molecule has 1 aromatic carbocycles. The van der Waals surface area contributed by atoms with Crippen molar-refractivity contribution in [1.82, 2.24) is 9.78 Å². The molecular weight excluding hydrogens is 304 g/mol. The molecule has 6 nitrogen and oxygen atoms in total. The zero-order valence-corrected chi connectivity index (χ0v) is 14.6. The van der Waals surface area contributed by atoms with Gasteiger partial charge in [-0.05, 0) is 58.0 Å². The predicted molar refractivity (Wildman–Crippen MR) is 96.8 cm³/mol. The Labute approximate surface area is 142 Å². The Morgan fingerprint density at radius 2 is 1.75 bits per heavy atom. The number of carbonyl (C=O) groups excluding carboxylic acids is 1. The summed E-state index contributed by atoms with van der Waals surface area (Å²) in [5.74, 6) is -0.333. The van der Waals surface area contributed by atoms with Gasteiger partial charge in [0.2, 0.25) is 0 Å². The Kier molecular flexibility index (Phi) is 5.73. The predicted octanol–water partition coefficient (Wildman–Crippen LogP) is 2.92. The van der Waals surface area contributed by atoms with Crippen LogP contribution in [-0.2, 0) is 0 Å². The Balaban J connectivity index is 2.15. The summed E-state index contributed by atoms with van der Waals surface area (Å²) in [6.07, 6.45) is 0. The van der Waals surface area contributed by atoms with Crippen LogP contribution in [-0.4, -0.2) is 28.8 Å². The van der Waals surface area contributed by atoms with Gasteiger partial charge >= 0.3 is 0 Å². The van der Waals surface area contributed by atoms with Crippen molar-refractivity contribution < 1.29 is 4.79 Å². The van der Waals surface area contributed by atoms with E-state index in [1.165, 1.54) is 16.8 Å². The van der Waals surface area contributed by atoms with Crippen molar-refractivity contribution in [2.75, 3.05) is 23.3 Å². The summed E-state index contributed by atoms with van der Waals surface area (Å²) in [6.45, 7) is 9.78. The van der Waals surface area contributed by atoms with E-state index in [1.54, 1.807) is 0 Å². The summed E-state index contributed by atoms with van der Waals surface area (Å²) < 4.78 is 1.30. The van der Waals surface area contributed by atoms with Crippen LogP contribution in [0.3, 0.4) is 0 Å². The van der Waals surface area contributed by atoms with Gasteiger partial charge in [-0.2, -0.15) is 5.10 Å². The van der Waals surface area contributed by atoms with Crippen LogP contribution >= 0.6 is 0 Å². The van der Waals surface area contributed by atoms with Crippen LogP contribution in [0.4, 0.5) is 11.4 Å². The van der Waals surface area contributed by atoms with E-state index in [0.717, 1.165) is 18.8 Å². The van der Waals surface area contributed by atoms with Gasteiger partial charge in [0, 0.05) is 30.5 Å². The molecule has 0 bridgehead atoms. The van der Waals surface area contributed by atoms with Crippen LogP contribution in [0.15, 0.2) is 41.2 Å². The van der Waals surface area contributed by atoms with Crippen molar-refractivity contribution in [2.24, 2.45) is 0 Å². The average Bonchev–Trinajstić information content (AvgIpc) is 2.57. The second kappa shape index (κ2) is 7.77. The number of hydrogen-bond acceptors (Lipinski definition) is 4. The number of nitrogens with one attached hydrogen (secondary N) is 1. The number of anilines is 2. The van der Waals surface area contributed by atoms with Crippen molar-refractivity contribution >= 4 is 17.3 Å². The SMILES string of the molecule is CCN(CC)c1ccc(NC(=O)c2ccc(=O)n(C(C)C)n2)cc1. The zero-order valence-electron chi connectivity index (χ0n) is 14.6. The molecule has 24 heavy (non-hydrogen) atoms. The fraction of sp³-hybridized carbons (Fsp3) is 0.389. The minimum Gasteiger partial charge on any atom is -0.372 e. The van der Waals surface area contributed by atoms with Crippen LogP contribution in [0.2, 0.25) is 0 Å². The number of hydrogen-bond donors (Lipinski definition) is 1. The Bertz CT molecular complexity index is 746. The van der Waals surface area contributed by atoms with Gasteiger partial charge in [-0.1, -0.05) is 0 Å². The molecule has 0 atom stereocenters. The van der Waals surface area contributed by atoms with Gasteiger partial charge in [0.25, 0.3) is 11.5 Å². The third kappa shape index (κ3) is 4.01. The molecule has 0 aliphatic rings. The molecule has 1 N–H and O–H groups in total. The van der Waals surface area contributed by atoms with Gasteiger partial charge in [-0.25, -0.2) is 4.68 Å². The van der Waals surface area contributed by atoms with E-state index in [1.807, 2.05) is 38.1 Å². The van der Waals surface area contributed by atoms with E-state index >= 15 is 0 Å². The van der Waals surface area contributed by atoms with E-state index < -0.39 is 0 Å². The molecule has 0 fully saturated rings. The summed E-state index contributed by atoms with van der Waals surface area (Å²) in [4.78, 5) is 26.3. The monoisotopic (exact) mass is 328 g/mol. The molecule has 0 aliphatic heterocycles. The summed E-state index contributed by atoms with van der Waals surface area (Å²) >= 11 is 0. The van der Waals surface area contributed by atoms with Crippen molar-refractivity contribution in [2.45, 2.75) is 33.7 Å². The average molecular weight is 328 g/mol. The third-order valence-corrected chi connectivity index (χ3v) is 3.80. The number of benzene rings is 1. The van der Waals surface area contributed by atoms with Gasteiger partial charge in [0.1, 0.15) is 5.69 Å². The van der Waals surface area contributed by atoms with Crippen molar-refractivity contribution in [3.05, 3.63) is 52.4 Å². The highest BCUT2D eigenvalue weighted by Crippen LogP contribution is 2.18. The first kappa shape index (κ1) is 17.7. The van der Waals surface area contributed by atoms with E-state index in [-0.39, 0.29) is 23.2 Å². The third-order valence-electron chi connectivity index (χ3n) is 3.80. The number of aromatic nitrogens is 2. The molecule has 0 saturated carbocycles. The standard InChI is InChI=1S/C18H24N4O2/c1-5-21(6-2)15-9-7-14(8-10-15)19-18(24)16-11-12-17(23)22(20-16)13(3)4/h7-13H,5-6H2,1-4H3,(H,19,24). The molecule has 0 radical (unpaired) electrons. The number of amides is 1. The van der Waals surface area contributed by atoms with Gasteiger partial charge in [-0.3, -0.25) is 9.59 Å². The highest BCUT2D eigenvalue weighted by atomic mass is 16.2. The lowest BCUT2D eigenvalue weighted by Gasteiger charge is -2.21. The summed E-state index contributed by atoms with van der Waals surface area (Å²) in [6, 6.07) is 10.4. The van der Waals surface area contributed by atoms with Gasteiger partial charge in [0.05, 0.1) is 6.04 Å². The van der Waals surface area contributed by atoms with Crippen LogP contribution in [0.5, 0.6) is 0 Å². The molecule has 0 aliphatic carbocycles. The minimum absolute atomic E-state index is 0.0985.